The van der Waals surface area contributed by atoms with Crippen LogP contribution in [0.3, 0.4) is 0 Å². The number of hydrogen-bond acceptors (Lipinski definition) is 7. The molecule has 0 spiro atoms. The third-order valence-corrected chi connectivity index (χ3v) is 5.77. The number of aromatic nitrogens is 2. The van der Waals surface area contributed by atoms with Gasteiger partial charge in [0.2, 0.25) is 0 Å². The normalized spacial score (nSPS) is 26.6. The van der Waals surface area contributed by atoms with Gasteiger partial charge in [-0.05, 0) is 43.7 Å². The Morgan fingerprint density at radius 2 is 1.93 bits per heavy atom. The second-order valence-electron chi connectivity index (χ2n) is 7.63. The molecule has 2 fully saturated rings. The summed E-state index contributed by atoms with van der Waals surface area (Å²) >= 11 is 0. The van der Waals surface area contributed by atoms with Crippen LogP contribution in [-0.2, 0) is 4.74 Å². The molecule has 1 aliphatic carbocycles. The summed E-state index contributed by atoms with van der Waals surface area (Å²) in [4.78, 5) is 22.8. The zero-order chi connectivity index (χ0) is 19.7. The third kappa shape index (κ3) is 3.67. The van der Waals surface area contributed by atoms with Crippen LogP contribution in [-0.4, -0.2) is 53.5 Å². The lowest BCUT2D eigenvalue weighted by molar-refractivity contribution is -0.0237. The van der Waals surface area contributed by atoms with E-state index < -0.39 is 12.1 Å². The largest absolute Gasteiger partial charge is 0.487 e. The van der Waals surface area contributed by atoms with Crippen molar-refractivity contribution in [2.75, 3.05) is 25.1 Å². The molecular formula is C21H25N3O4. The van der Waals surface area contributed by atoms with Crippen molar-refractivity contribution in [2.45, 2.75) is 32.0 Å². The number of nitrogens with zero attached hydrogens (tertiary/aromatic N) is 3. The Hall–Kier alpha value is -2.67. The molecule has 1 saturated heterocycles. The first-order valence-corrected chi connectivity index (χ1v) is 9.61. The standard InChI is InChI=1S/C21H25N3O4/c1-13-7-20(23-12-22-13)24-10-14-8-17(25)19(9-15(14)11-24)28-18-6-4-3-5-16(18)21(26)27-2/h3-7,12,14-15,17,19,25H,8-11H2,1-2H3/t14-,15+,17+,19+/m0/s1. The molecule has 4 rings (SSSR count). The van der Waals surface area contributed by atoms with Crippen LogP contribution < -0.4 is 9.64 Å². The first-order chi connectivity index (χ1) is 13.5. The molecule has 0 bridgehead atoms. The van der Waals surface area contributed by atoms with Crippen LogP contribution in [0.5, 0.6) is 5.75 Å². The topological polar surface area (TPSA) is 84.8 Å². The maximum atomic E-state index is 12.0. The fraction of sp³-hybridized carbons (Fsp3) is 0.476. The van der Waals surface area contributed by atoms with Crippen molar-refractivity contribution < 1.29 is 19.4 Å². The van der Waals surface area contributed by atoms with Crippen LogP contribution in [0.1, 0.15) is 28.9 Å². The Labute approximate surface area is 164 Å². The van der Waals surface area contributed by atoms with Gasteiger partial charge in [0.25, 0.3) is 0 Å². The van der Waals surface area contributed by atoms with Gasteiger partial charge in [0.05, 0.1) is 13.2 Å². The predicted molar refractivity (Wildman–Crippen MR) is 103 cm³/mol. The number of esters is 1. The van der Waals surface area contributed by atoms with Gasteiger partial charge in [-0.3, -0.25) is 0 Å². The first kappa shape index (κ1) is 18.7. The van der Waals surface area contributed by atoms with E-state index in [2.05, 4.69) is 14.9 Å². The summed E-state index contributed by atoms with van der Waals surface area (Å²) in [6.07, 6.45) is 2.09. The first-order valence-electron chi connectivity index (χ1n) is 9.61. The Balaban J connectivity index is 1.47. The molecular weight excluding hydrogens is 358 g/mol. The summed E-state index contributed by atoms with van der Waals surface area (Å²) in [5.41, 5.74) is 1.32. The van der Waals surface area contributed by atoms with Crippen molar-refractivity contribution in [2.24, 2.45) is 11.8 Å². The number of rotatable bonds is 4. The molecule has 148 valence electrons. The van der Waals surface area contributed by atoms with Gasteiger partial charge in [0, 0.05) is 24.8 Å². The van der Waals surface area contributed by atoms with Crippen molar-refractivity contribution in [1.82, 2.24) is 9.97 Å². The van der Waals surface area contributed by atoms with Gasteiger partial charge in [-0.25, -0.2) is 14.8 Å². The molecule has 0 amide bonds. The van der Waals surface area contributed by atoms with Crippen LogP contribution in [0.2, 0.25) is 0 Å². The Morgan fingerprint density at radius 3 is 2.68 bits per heavy atom. The number of aliphatic hydroxyl groups is 1. The summed E-state index contributed by atoms with van der Waals surface area (Å²) < 4.78 is 10.9. The van der Waals surface area contributed by atoms with Crippen LogP contribution in [0.15, 0.2) is 36.7 Å². The average Bonchev–Trinajstić information content (AvgIpc) is 3.11. The zero-order valence-corrected chi connectivity index (χ0v) is 16.1. The Kier molecular flexibility index (Phi) is 5.17. The SMILES string of the molecule is COC(=O)c1ccccc1O[C@@H]1C[C@@H]2CN(c3cc(C)ncn3)C[C@@H]2C[C@H]1O. The van der Waals surface area contributed by atoms with Gasteiger partial charge < -0.3 is 19.5 Å². The summed E-state index contributed by atoms with van der Waals surface area (Å²) in [6.45, 7) is 3.72. The highest BCUT2D eigenvalue weighted by Crippen LogP contribution is 2.39. The molecule has 2 aliphatic rings. The van der Waals surface area contributed by atoms with E-state index in [0.717, 1.165) is 31.0 Å². The molecule has 1 aromatic heterocycles. The molecule has 4 atom stereocenters. The third-order valence-electron chi connectivity index (χ3n) is 5.77. The molecule has 1 aliphatic heterocycles. The minimum absolute atomic E-state index is 0.348. The number of aliphatic hydroxyl groups excluding tert-OH is 1. The molecule has 1 saturated carbocycles. The molecule has 7 nitrogen and oxygen atoms in total. The van der Waals surface area contributed by atoms with E-state index in [1.54, 1.807) is 24.5 Å². The Morgan fingerprint density at radius 1 is 1.18 bits per heavy atom. The lowest BCUT2D eigenvalue weighted by atomic mass is 9.78. The maximum Gasteiger partial charge on any atom is 0.341 e. The number of hydrogen-bond donors (Lipinski definition) is 1. The van der Waals surface area contributed by atoms with E-state index in [4.69, 9.17) is 9.47 Å². The number of aryl methyl sites for hydroxylation is 1. The van der Waals surface area contributed by atoms with Gasteiger partial charge in [0.15, 0.2) is 0 Å². The molecule has 0 unspecified atom stereocenters. The number of benzene rings is 1. The minimum atomic E-state index is -0.570. The van der Waals surface area contributed by atoms with Crippen molar-refractivity contribution >= 4 is 11.8 Å². The molecule has 1 aromatic carbocycles. The molecule has 7 heteroatoms. The number of para-hydroxylation sites is 1. The zero-order valence-electron chi connectivity index (χ0n) is 16.1. The van der Waals surface area contributed by atoms with Crippen molar-refractivity contribution in [1.29, 1.82) is 0 Å². The molecule has 28 heavy (non-hydrogen) atoms. The highest BCUT2D eigenvalue weighted by atomic mass is 16.5. The fourth-order valence-electron chi connectivity index (χ4n) is 4.33. The summed E-state index contributed by atoms with van der Waals surface area (Å²) in [5.74, 6) is 1.77. The van der Waals surface area contributed by atoms with Gasteiger partial charge in [-0.2, -0.15) is 0 Å². The summed E-state index contributed by atoms with van der Waals surface area (Å²) in [6, 6.07) is 9.00. The molecule has 2 heterocycles. The smallest absolute Gasteiger partial charge is 0.341 e. The van der Waals surface area contributed by atoms with E-state index >= 15 is 0 Å². The second-order valence-corrected chi connectivity index (χ2v) is 7.63. The maximum absolute atomic E-state index is 12.0. The molecule has 0 radical (unpaired) electrons. The van der Waals surface area contributed by atoms with Gasteiger partial charge in [-0.15, -0.1) is 0 Å². The van der Waals surface area contributed by atoms with Crippen LogP contribution in [0.4, 0.5) is 5.82 Å². The lowest BCUT2D eigenvalue weighted by Crippen LogP contribution is -2.42. The highest BCUT2D eigenvalue weighted by molar-refractivity contribution is 5.92. The van der Waals surface area contributed by atoms with Crippen LogP contribution >= 0.6 is 0 Å². The van der Waals surface area contributed by atoms with Crippen molar-refractivity contribution in [3.63, 3.8) is 0 Å². The van der Waals surface area contributed by atoms with Gasteiger partial charge >= 0.3 is 5.97 Å². The molecule has 2 aromatic rings. The number of carbonyl (C=O) groups is 1. The number of fused-ring (bicyclic) bond motifs is 1. The summed E-state index contributed by atoms with van der Waals surface area (Å²) in [5, 5.41) is 10.7. The van der Waals surface area contributed by atoms with E-state index in [0.29, 0.717) is 29.6 Å². The monoisotopic (exact) mass is 383 g/mol. The number of anilines is 1. The summed E-state index contributed by atoms with van der Waals surface area (Å²) in [7, 11) is 1.35. The number of ether oxygens (including phenoxy) is 2. The Bertz CT molecular complexity index is 859. The highest BCUT2D eigenvalue weighted by Gasteiger charge is 2.43. The minimum Gasteiger partial charge on any atom is -0.487 e. The van der Waals surface area contributed by atoms with Gasteiger partial charge in [-0.1, -0.05) is 12.1 Å². The van der Waals surface area contributed by atoms with Crippen LogP contribution in [0.25, 0.3) is 0 Å². The lowest BCUT2D eigenvalue weighted by Gasteiger charge is -2.35. The van der Waals surface area contributed by atoms with Gasteiger partial charge in [0.1, 0.15) is 29.6 Å². The van der Waals surface area contributed by atoms with Crippen molar-refractivity contribution in [3.05, 3.63) is 47.9 Å². The van der Waals surface area contributed by atoms with E-state index in [-0.39, 0.29) is 6.10 Å². The molecule has 1 N–H and O–H groups in total. The van der Waals surface area contributed by atoms with E-state index in [1.165, 1.54) is 7.11 Å². The number of methoxy groups -OCH3 is 1. The predicted octanol–water partition coefficient (Wildman–Crippen LogP) is 2.23. The van der Waals surface area contributed by atoms with Crippen LogP contribution in [0, 0.1) is 18.8 Å². The van der Waals surface area contributed by atoms with E-state index in [9.17, 15) is 9.90 Å². The van der Waals surface area contributed by atoms with E-state index in [1.807, 2.05) is 19.1 Å². The van der Waals surface area contributed by atoms with Crippen molar-refractivity contribution in [3.8, 4) is 5.75 Å². The fourth-order valence-corrected chi connectivity index (χ4v) is 4.33. The average molecular weight is 383 g/mol. The quantitative estimate of drug-likeness (QED) is 0.811. The second kappa shape index (κ2) is 7.75. The number of carbonyl (C=O) groups excluding carboxylic acids is 1.